The number of anilines is 1. The molecule has 1 fully saturated rings. The maximum Gasteiger partial charge on any atom is 0.353 e. The number of thioether (sulfide) groups is 2. The Hall–Kier alpha value is -3.11. The molecule has 0 spiro atoms. The summed E-state index contributed by atoms with van der Waals surface area (Å²) in [6, 6.07) is -1.44. The Balaban J connectivity index is 1.44. The maximum atomic E-state index is 12.8. The largest absolute Gasteiger partial charge is 0.477 e. The van der Waals surface area contributed by atoms with E-state index in [9.17, 15) is 24.7 Å². The second-order valence-electron chi connectivity index (χ2n) is 6.93. The highest BCUT2D eigenvalue weighted by Gasteiger charge is 2.53. The fourth-order valence-corrected chi connectivity index (χ4v) is 6.27. The molecule has 4 heterocycles. The fraction of sp³-hybridized carbons (Fsp3) is 0.353. The van der Waals surface area contributed by atoms with E-state index in [1.54, 1.807) is 11.7 Å². The number of aryl methyl sites for hydroxylation is 1. The number of hydrogen-bond donors (Lipinski definition) is 4. The lowest BCUT2D eigenvalue weighted by Gasteiger charge is -2.50. The van der Waals surface area contributed by atoms with Crippen LogP contribution in [0.3, 0.4) is 0 Å². The third-order valence-electron chi connectivity index (χ3n) is 5.05. The number of aliphatic carboxylic acids is 1. The Morgan fingerprint density at radius 1 is 1.42 bits per heavy atom. The molecule has 0 aliphatic carbocycles. The van der Waals surface area contributed by atoms with E-state index in [0.717, 1.165) is 11.3 Å². The van der Waals surface area contributed by atoms with Crippen molar-refractivity contribution in [2.45, 2.75) is 30.1 Å². The van der Waals surface area contributed by atoms with E-state index in [0.29, 0.717) is 28.0 Å². The molecule has 2 aromatic rings. The molecule has 13 nitrogen and oxygen atoms in total. The average molecular weight is 511 g/mol. The van der Waals surface area contributed by atoms with Crippen LogP contribution in [-0.2, 0) is 21.4 Å². The number of amides is 2. The first-order valence-electron chi connectivity index (χ1n) is 9.45. The van der Waals surface area contributed by atoms with Crippen molar-refractivity contribution in [3.05, 3.63) is 28.0 Å². The smallest absolute Gasteiger partial charge is 0.353 e. The van der Waals surface area contributed by atoms with Crippen LogP contribution in [-0.4, -0.2) is 75.6 Å². The summed E-state index contributed by atoms with van der Waals surface area (Å²) < 4.78 is 1.62. The van der Waals surface area contributed by atoms with Crippen LogP contribution in [0.25, 0.3) is 0 Å². The van der Waals surface area contributed by atoms with Gasteiger partial charge in [0.15, 0.2) is 16.0 Å². The van der Waals surface area contributed by atoms with Crippen molar-refractivity contribution in [1.29, 1.82) is 0 Å². The van der Waals surface area contributed by atoms with E-state index in [4.69, 9.17) is 5.73 Å². The van der Waals surface area contributed by atoms with E-state index in [1.165, 1.54) is 40.1 Å². The van der Waals surface area contributed by atoms with Crippen LogP contribution in [0.15, 0.2) is 32.6 Å². The minimum Gasteiger partial charge on any atom is -0.477 e. The molecule has 33 heavy (non-hydrogen) atoms. The summed E-state index contributed by atoms with van der Waals surface area (Å²) in [4.78, 5) is 47.1. The monoisotopic (exact) mass is 510 g/mol. The number of hydrogen-bond acceptors (Lipinski definition) is 12. The van der Waals surface area contributed by atoms with Gasteiger partial charge in [-0.25, -0.2) is 19.4 Å². The zero-order chi connectivity index (χ0) is 23.7. The second-order valence-corrected chi connectivity index (χ2v) is 10.2. The number of fused-ring (bicyclic) bond motifs is 1. The van der Waals surface area contributed by atoms with Crippen LogP contribution in [0.2, 0.25) is 0 Å². The zero-order valence-electron chi connectivity index (χ0n) is 17.0. The van der Waals surface area contributed by atoms with Crippen LogP contribution in [0.4, 0.5) is 5.13 Å². The van der Waals surface area contributed by atoms with Gasteiger partial charge < -0.3 is 21.4 Å². The summed E-state index contributed by atoms with van der Waals surface area (Å²) >= 11 is 3.81. The number of carboxylic acid groups (broad SMARTS) is 1. The van der Waals surface area contributed by atoms with Gasteiger partial charge in [0.25, 0.3) is 11.8 Å². The summed E-state index contributed by atoms with van der Waals surface area (Å²) in [6.45, 7) is 0. The van der Waals surface area contributed by atoms with Crippen LogP contribution in [0, 0.1) is 0 Å². The van der Waals surface area contributed by atoms with Crippen molar-refractivity contribution in [3.8, 4) is 0 Å². The van der Waals surface area contributed by atoms with E-state index < -0.39 is 29.9 Å². The third kappa shape index (κ3) is 4.40. The number of allylic oxidation sites excluding steroid dienone is 1. The number of rotatable bonds is 8. The molecule has 1 saturated heterocycles. The SMILES string of the molecule is Cn1ncnc1SCSC1=C(C(=O)O)N2C(=O)[C@@H](NC(=O)/C(=N\O)c3csc(N)n3)[C@H]2CC1. The molecule has 0 aromatic carbocycles. The van der Waals surface area contributed by atoms with Gasteiger partial charge in [0.05, 0.1) is 11.1 Å². The maximum absolute atomic E-state index is 12.8. The highest BCUT2D eigenvalue weighted by molar-refractivity contribution is 8.17. The molecule has 4 rings (SSSR count). The molecule has 2 atom stereocenters. The number of aromatic nitrogens is 4. The van der Waals surface area contributed by atoms with Crippen molar-refractivity contribution < 1.29 is 24.7 Å². The number of β-lactam (4-membered cyclic amide) rings is 1. The number of carbonyl (C=O) groups is 3. The minimum atomic E-state index is -1.21. The molecule has 2 aliphatic heterocycles. The number of carbonyl (C=O) groups excluding carboxylic acids is 2. The Bertz CT molecular complexity index is 1180. The lowest BCUT2D eigenvalue weighted by molar-refractivity contribution is -0.155. The summed E-state index contributed by atoms with van der Waals surface area (Å²) in [6.07, 6.45) is 2.35. The standard InChI is InChI=1S/C17H18N8O5S3/c1-24-17(19-5-20-24)33-6-32-9-3-2-8-11(14(27)25(8)12(9)15(28)29)22-13(26)10(23-30)7-4-31-16(18)21-7/h4-5,8,11,30H,2-3,6H2,1H3,(H2,18,21)(H,22,26)(H,28,29)/b23-10-/t8-,11+/m1/s1. The normalized spacial score (nSPS) is 20.5. The molecule has 2 aliphatic rings. The van der Waals surface area contributed by atoms with E-state index in [1.807, 2.05) is 0 Å². The van der Waals surface area contributed by atoms with Gasteiger partial charge in [-0.3, -0.25) is 14.5 Å². The second kappa shape index (κ2) is 9.40. The van der Waals surface area contributed by atoms with Gasteiger partial charge in [0, 0.05) is 17.3 Å². The van der Waals surface area contributed by atoms with Gasteiger partial charge >= 0.3 is 5.97 Å². The topological polar surface area (TPSA) is 189 Å². The van der Waals surface area contributed by atoms with Crippen molar-refractivity contribution in [2.24, 2.45) is 12.2 Å². The first-order valence-corrected chi connectivity index (χ1v) is 12.3. The van der Waals surface area contributed by atoms with Crippen LogP contribution in [0.1, 0.15) is 18.5 Å². The van der Waals surface area contributed by atoms with E-state index in [-0.39, 0.29) is 22.2 Å². The summed E-state index contributed by atoms with van der Waals surface area (Å²) in [5, 5.41) is 31.3. The number of nitrogen functional groups attached to an aromatic ring is 1. The third-order valence-corrected chi connectivity index (χ3v) is 8.04. The van der Waals surface area contributed by atoms with Gasteiger partial charge in [0.1, 0.15) is 23.8 Å². The number of thiazole rings is 1. The molecule has 2 amide bonds. The molecule has 174 valence electrons. The molecule has 16 heteroatoms. The first-order chi connectivity index (χ1) is 15.8. The first kappa shape index (κ1) is 23.1. The van der Waals surface area contributed by atoms with Gasteiger partial charge in [-0.2, -0.15) is 5.10 Å². The van der Waals surface area contributed by atoms with Gasteiger partial charge in [-0.15, -0.1) is 23.1 Å². The highest BCUT2D eigenvalue weighted by Crippen LogP contribution is 2.42. The van der Waals surface area contributed by atoms with E-state index >= 15 is 0 Å². The predicted molar refractivity (Wildman–Crippen MR) is 121 cm³/mol. The molecule has 2 aromatic heterocycles. The lowest BCUT2D eigenvalue weighted by atomic mass is 9.86. The van der Waals surface area contributed by atoms with Crippen molar-refractivity contribution in [3.63, 3.8) is 0 Å². The van der Waals surface area contributed by atoms with Crippen LogP contribution in [0.5, 0.6) is 0 Å². The number of nitrogens with one attached hydrogen (secondary N) is 1. The Morgan fingerprint density at radius 3 is 2.82 bits per heavy atom. The van der Waals surface area contributed by atoms with Gasteiger partial charge in [0.2, 0.25) is 0 Å². The Labute approximate surface area is 199 Å². The molecule has 5 N–H and O–H groups in total. The van der Waals surface area contributed by atoms with Crippen molar-refractivity contribution >= 4 is 63.5 Å². The van der Waals surface area contributed by atoms with Crippen LogP contribution >= 0.6 is 34.9 Å². The molecular weight excluding hydrogens is 492 g/mol. The fourth-order valence-electron chi connectivity index (χ4n) is 3.56. The Morgan fingerprint density at radius 2 is 2.21 bits per heavy atom. The number of carboxylic acids is 1. The molecular formula is C17H18N8O5S3. The molecule has 0 unspecified atom stereocenters. The molecule has 0 bridgehead atoms. The quantitative estimate of drug-likeness (QED) is 0.0954. The minimum absolute atomic E-state index is 0.0753. The lowest BCUT2D eigenvalue weighted by Crippen LogP contribution is -2.72. The van der Waals surface area contributed by atoms with Gasteiger partial charge in [-0.1, -0.05) is 16.9 Å². The zero-order valence-corrected chi connectivity index (χ0v) is 19.5. The van der Waals surface area contributed by atoms with Crippen LogP contribution < -0.4 is 11.1 Å². The number of nitrogens with two attached hydrogens (primary N) is 1. The Kier molecular flexibility index (Phi) is 6.57. The van der Waals surface area contributed by atoms with Crippen molar-refractivity contribution in [2.75, 3.05) is 10.8 Å². The number of oxime groups is 1. The molecule has 0 saturated carbocycles. The highest BCUT2D eigenvalue weighted by atomic mass is 32.2. The average Bonchev–Trinajstić information content (AvgIpc) is 3.39. The predicted octanol–water partition coefficient (Wildman–Crippen LogP) is 0.301. The number of nitrogens with zero attached hydrogens (tertiary/aromatic N) is 6. The van der Waals surface area contributed by atoms with E-state index in [2.05, 4.69) is 25.5 Å². The summed E-state index contributed by atoms with van der Waals surface area (Å²) in [7, 11) is 1.76. The summed E-state index contributed by atoms with van der Waals surface area (Å²) in [5.41, 5.74) is 5.18. The van der Waals surface area contributed by atoms with Crippen molar-refractivity contribution in [1.82, 2.24) is 30.0 Å². The van der Waals surface area contributed by atoms with Gasteiger partial charge in [-0.05, 0) is 12.8 Å². The summed E-state index contributed by atoms with van der Waals surface area (Å²) in [5.74, 6) is -2.55. The molecule has 0 radical (unpaired) electrons.